The molecule has 0 fully saturated rings. The summed E-state index contributed by atoms with van der Waals surface area (Å²) in [5, 5.41) is 11.2. The highest BCUT2D eigenvalue weighted by atomic mass is 32.1. The fraction of sp³-hybridized carbons (Fsp3) is 0.500. The van der Waals surface area contributed by atoms with E-state index in [1.54, 1.807) is 0 Å². The number of aromatic nitrogens is 2. The van der Waals surface area contributed by atoms with Gasteiger partial charge in [-0.05, 0) is 6.42 Å². The lowest BCUT2D eigenvalue weighted by Gasteiger charge is -1.81. The summed E-state index contributed by atoms with van der Waals surface area (Å²) in [5.41, 5.74) is 2.18. The van der Waals surface area contributed by atoms with Gasteiger partial charge in [0, 0.05) is 0 Å². The topological polar surface area (TPSA) is 67.2 Å². The lowest BCUT2D eigenvalue weighted by Crippen LogP contribution is -1.82. The zero-order chi connectivity index (χ0) is 7.40. The highest BCUT2D eigenvalue weighted by Gasteiger charge is 1.99. The third kappa shape index (κ3) is 1.47. The van der Waals surface area contributed by atoms with Crippen LogP contribution in [-0.4, -0.2) is 10.2 Å². The van der Waals surface area contributed by atoms with E-state index in [4.69, 9.17) is 0 Å². The molecular formula is C4H6N4OS. The molecule has 54 valence electrons. The van der Waals surface area contributed by atoms with E-state index < -0.39 is 0 Å². The Balaban J connectivity index is 2.67. The molecule has 0 aliphatic carbocycles. The molecule has 0 aliphatic rings. The van der Waals surface area contributed by atoms with Crippen LogP contribution in [0.3, 0.4) is 0 Å². The SMILES string of the molecule is CCc1nnc(NN=O)s1. The number of aryl methyl sites for hydroxylation is 1. The van der Waals surface area contributed by atoms with Crippen molar-refractivity contribution in [2.75, 3.05) is 5.43 Å². The second kappa shape index (κ2) is 3.21. The van der Waals surface area contributed by atoms with E-state index in [1.807, 2.05) is 6.92 Å². The van der Waals surface area contributed by atoms with Crippen LogP contribution in [0.1, 0.15) is 11.9 Å². The van der Waals surface area contributed by atoms with Crippen molar-refractivity contribution in [3.05, 3.63) is 9.91 Å². The van der Waals surface area contributed by atoms with Gasteiger partial charge in [0.05, 0.1) is 5.29 Å². The van der Waals surface area contributed by atoms with Gasteiger partial charge in [-0.3, -0.25) is 0 Å². The predicted octanol–water partition coefficient (Wildman–Crippen LogP) is 1.19. The van der Waals surface area contributed by atoms with E-state index in [0.29, 0.717) is 5.13 Å². The van der Waals surface area contributed by atoms with Crippen molar-refractivity contribution in [1.29, 1.82) is 0 Å². The molecule has 1 N–H and O–H groups in total. The van der Waals surface area contributed by atoms with Crippen molar-refractivity contribution in [3.63, 3.8) is 0 Å². The lowest BCUT2D eigenvalue weighted by molar-refractivity contribution is 0.981. The normalized spacial score (nSPS) is 9.30. The molecule has 0 aliphatic heterocycles. The predicted molar refractivity (Wildman–Crippen MR) is 38.7 cm³/mol. The average Bonchev–Trinajstić information content (AvgIpc) is 2.37. The first kappa shape index (κ1) is 7.07. The standard InChI is InChI=1S/C4H6N4OS/c1-2-3-5-6-4(10-3)7-8-9/h2H2,1H3,(H,6,7,9). The van der Waals surface area contributed by atoms with Gasteiger partial charge < -0.3 is 0 Å². The fourth-order valence-corrected chi connectivity index (χ4v) is 1.09. The second-order valence-electron chi connectivity index (χ2n) is 1.56. The van der Waals surface area contributed by atoms with Crippen LogP contribution < -0.4 is 5.43 Å². The van der Waals surface area contributed by atoms with Gasteiger partial charge in [0.1, 0.15) is 5.01 Å². The maximum Gasteiger partial charge on any atom is 0.228 e. The monoisotopic (exact) mass is 158 g/mol. The lowest BCUT2D eigenvalue weighted by atomic mass is 10.5. The minimum atomic E-state index is 0.451. The number of nitrogens with zero attached hydrogens (tertiary/aromatic N) is 3. The molecule has 0 amide bonds. The Bertz CT molecular complexity index is 223. The van der Waals surface area contributed by atoms with Gasteiger partial charge in [0.15, 0.2) is 0 Å². The van der Waals surface area contributed by atoms with Crippen LogP contribution in [0.25, 0.3) is 0 Å². The Kier molecular flexibility index (Phi) is 2.27. The Labute approximate surface area is 61.4 Å². The van der Waals surface area contributed by atoms with Gasteiger partial charge in [0.2, 0.25) is 5.13 Å². The molecule has 0 radical (unpaired) electrons. The van der Waals surface area contributed by atoms with E-state index in [0.717, 1.165) is 11.4 Å². The fourth-order valence-electron chi connectivity index (χ4n) is 0.481. The highest BCUT2D eigenvalue weighted by molar-refractivity contribution is 7.15. The van der Waals surface area contributed by atoms with Crippen molar-refractivity contribution >= 4 is 16.5 Å². The molecule has 1 heterocycles. The van der Waals surface area contributed by atoms with E-state index in [1.165, 1.54) is 11.3 Å². The van der Waals surface area contributed by atoms with Gasteiger partial charge in [-0.15, -0.1) is 15.1 Å². The van der Waals surface area contributed by atoms with Crippen molar-refractivity contribution in [2.45, 2.75) is 13.3 Å². The summed E-state index contributed by atoms with van der Waals surface area (Å²) in [4.78, 5) is 9.65. The zero-order valence-electron chi connectivity index (χ0n) is 5.37. The summed E-state index contributed by atoms with van der Waals surface area (Å²) in [6, 6.07) is 0. The van der Waals surface area contributed by atoms with Crippen LogP contribution in [0.15, 0.2) is 5.29 Å². The molecule has 0 atom stereocenters. The summed E-state index contributed by atoms with van der Waals surface area (Å²) >= 11 is 1.33. The van der Waals surface area contributed by atoms with Crippen LogP contribution in [0, 0.1) is 4.91 Å². The summed E-state index contributed by atoms with van der Waals surface area (Å²) in [7, 11) is 0. The van der Waals surface area contributed by atoms with Crippen molar-refractivity contribution in [2.24, 2.45) is 5.29 Å². The van der Waals surface area contributed by atoms with Gasteiger partial charge in [-0.2, -0.15) is 0 Å². The van der Waals surface area contributed by atoms with Gasteiger partial charge >= 0.3 is 0 Å². The first-order valence-corrected chi connectivity index (χ1v) is 3.59. The number of nitrogens with one attached hydrogen (secondary N) is 1. The van der Waals surface area contributed by atoms with Crippen LogP contribution in [-0.2, 0) is 6.42 Å². The first-order chi connectivity index (χ1) is 4.86. The molecule has 0 aromatic carbocycles. The minimum absolute atomic E-state index is 0.451. The molecule has 0 saturated carbocycles. The summed E-state index contributed by atoms with van der Waals surface area (Å²) in [6.45, 7) is 1.97. The van der Waals surface area contributed by atoms with Gasteiger partial charge in [-0.1, -0.05) is 18.3 Å². The van der Waals surface area contributed by atoms with Crippen LogP contribution >= 0.6 is 11.3 Å². The summed E-state index contributed by atoms with van der Waals surface area (Å²) in [6.07, 6.45) is 0.832. The molecule has 6 heteroatoms. The Morgan fingerprint density at radius 2 is 2.50 bits per heavy atom. The molecule has 0 saturated heterocycles. The van der Waals surface area contributed by atoms with Gasteiger partial charge in [0.25, 0.3) is 0 Å². The maximum atomic E-state index is 9.65. The van der Waals surface area contributed by atoms with E-state index >= 15 is 0 Å². The van der Waals surface area contributed by atoms with E-state index in [9.17, 15) is 4.91 Å². The molecule has 10 heavy (non-hydrogen) atoms. The number of hydrogen-bond donors (Lipinski definition) is 1. The second-order valence-corrected chi connectivity index (χ2v) is 2.62. The van der Waals surface area contributed by atoms with Crippen molar-refractivity contribution in [1.82, 2.24) is 10.2 Å². The van der Waals surface area contributed by atoms with E-state index in [-0.39, 0.29) is 0 Å². The Morgan fingerprint density at radius 3 is 3.00 bits per heavy atom. The smallest absolute Gasteiger partial charge is 0.214 e. The van der Waals surface area contributed by atoms with Crippen molar-refractivity contribution in [3.8, 4) is 0 Å². The largest absolute Gasteiger partial charge is 0.228 e. The molecular weight excluding hydrogens is 152 g/mol. The maximum absolute atomic E-state index is 9.65. The summed E-state index contributed by atoms with van der Waals surface area (Å²) < 4.78 is 0. The number of nitroso groups, excluding NO2 is 1. The Morgan fingerprint density at radius 1 is 1.70 bits per heavy atom. The number of rotatable bonds is 3. The van der Waals surface area contributed by atoms with Crippen molar-refractivity contribution < 1.29 is 0 Å². The number of hydrogen-bond acceptors (Lipinski definition) is 5. The quantitative estimate of drug-likeness (QED) is 0.530. The summed E-state index contributed by atoms with van der Waals surface area (Å²) in [5.74, 6) is 0. The highest BCUT2D eigenvalue weighted by Crippen LogP contribution is 2.14. The molecule has 1 aromatic rings. The molecule has 0 unspecified atom stereocenters. The van der Waals surface area contributed by atoms with E-state index in [2.05, 4.69) is 20.9 Å². The third-order valence-electron chi connectivity index (χ3n) is 0.911. The van der Waals surface area contributed by atoms with Crippen LogP contribution in [0.5, 0.6) is 0 Å². The average molecular weight is 158 g/mol. The van der Waals surface area contributed by atoms with Gasteiger partial charge in [-0.25, -0.2) is 5.43 Å². The first-order valence-electron chi connectivity index (χ1n) is 2.77. The zero-order valence-corrected chi connectivity index (χ0v) is 6.18. The molecule has 1 rings (SSSR count). The van der Waals surface area contributed by atoms with Crippen LogP contribution in [0.4, 0.5) is 5.13 Å². The number of anilines is 1. The molecule has 5 nitrogen and oxygen atoms in total. The molecule has 1 aromatic heterocycles. The molecule has 0 spiro atoms. The third-order valence-corrected chi connectivity index (χ3v) is 1.88. The van der Waals surface area contributed by atoms with Crippen LogP contribution in [0.2, 0.25) is 0 Å². The molecule has 0 bridgehead atoms. The minimum Gasteiger partial charge on any atom is -0.214 e. The Hall–Kier alpha value is -1.04.